The van der Waals surface area contributed by atoms with E-state index < -0.39 is 5.97 Å². The Kier molecular flexibility index (Phi) is 5.20. The van der Waals surface area contributed by atoms with E-state index in [0.717, 1.165) is 12.0 Å². The first-order chi connectivity index (χ1) is 14.2. The van der Waals surface area contributed by atoms with Crippen LogP contribution < -0.4 is 5.56 Å². The van der Waals surface area contributed by atoms with Crippen LogP contribution >= 0.6 is 0 Å². The summed E-state index contributed by atoms with van der Waals surface area (Å²) in [6, 6.07) is 16.4. The lowest BCUT2D eigenvalue weighted by atomic mass is 10.1. The van der Waals surface area contributed by atoms with Gasteiger partial charge in [0.05, 0.1) is 11.6 Å². The highest BCUT2D eigenvalue weighted by atomic mass is 16.5. The molecule has 29 heavy (non-hydrogen) atoms. The van der Waals surface area contributed by atoms with Crippen LogP contribution in [0.5, 0.6) is 0 Å². The number of esters is 1. The molecule has 4 aromatic rings. The van der Waals surface area contributed by atoms with Gasteiger partial charge in [-0.05, 0) is 12.5 Å². The van der Waals surface area contributed by atoms with Gasteiger partial charge in [-0.25, -0.2) is 14.5 Å². The van der Waals surface area contributed by atoms with Crippen molar-refractivity contribution in [3.63, 3.8) is 0 Å². The minimum absolute atomic E-state index is 0.100. The van der Waals surface area contributed by atoms with Gasteiger partial charge in [0, 0.05) is 17.5 Å². The third kappa shape index (κ3) is 3.80. The maximum atomic E-state index is 12.7. The second-order valence-corrected chi connectivity index (χ2v) is 6.48. The number of ether oxygens (including phenoxy) is 1. The van der Waals surface area contributed by atoms with E-state index in [-0.39, 0.29) is 23.8 Å². The maximum absolute atomic E-state index is 12.7. The highest BCUT2D eigenvalue weighted by molar-refractivity contribution is 6.02. The summed E-state index contributed by atoms with van der Waals surface area (Å²) in [5.74, 6) is 0.241. The van der Waals surface area contributed by atoms with Crippen LogP contribution in [0.4, 0.5) is 0 Å². The molecular formula is C22H19N3O4. The van der Waals surface area contributed by atoms with Crippen molar-refractivity contribution in [2.24, 2.45) is 0 Å². The van der Waals surface area contributed by atoms with Crippen molar-refractivity contribution < 1.29 is 13.9 Å². The summed E-state index contributed by atoms with van der Waals surface area (Å²) in [5, 5.41) is 5.13. The summed E-state index contributed by atoms with van der Waals surface area (Å²) < 4.78 is 12.3. The van der Waals surface area contributed by atoms with Crippen LogP contribution in [0.1, 0.15) is 29.7 Å². The first-order valence-corrected chi connectivity index (χ1v) is 9.34. The van der Waals surface area contributed by atoms with Crippen molar-refractivity contribution in [3.05, 3.63) is 82.7 Å². The van der Waals surface area contributed by atoms with Crippen LogP contribution in [0, 0.1) is 0 Å². The summed E-state index contributed by atoms with van der Waals surface area (Å²) in [6.45, 7) is 2.23. The van der Waals surface area contributed by atoms with E-state index in [1.807, 2.05) is 37.3 Å². The van der Waals surface area contributed by atoms with Gasteiger partial charge in [0.25, 0.3) is 5.56 Å². The first kappa shape index (κ1) is 18.6. The zero-order valence-electron chi connectivity index (χ0n) is 15.9. The molecule has 0 fully saturated rings. The monoisotopic (exact) mass is 389 g/mol. The molecule has 7 heteroatoms. The number of nitrogens with zero attached hydrogens (tertiary/aromatic N) is 3. The van der Waals surface area contributed by atoms with Crippen LogP contribution in [0.25, 0.3) is 22.1 Å². The fourth-order valence-electron chi connectivity index (χ4n) is 3.06. The molecule has 2 aromatic heterocycles. The molecule has 0 unspecified atom stereocenters. The molecule has 2 heterocycles. The normalized spacial score (nSPS) is 10.9. The van der Waals surface area contributed by atoms with Crippen LogP contribution in [0.2, 0.25) is 0 Å². The number of rotatable bonds is 6. The van der Waals surface area contributed by atoms with Crippen LogP contribution in [0.3, 0.4) is 0 Å². The Bertz CT molecular complexity index is 1210. The Morgan fingerprint density at radius 2 is 1.79 bits per heavy atom. The number of aryl methyl sites for hydroxylation is 1. The van der Waals surface area contributed by atoms with Crippen LogP contribution in [-0.2, 0) is 17.9 Å². The average molecular weight is 389 g/mol. The fraction of sp³-hybridized carbons (Fsp3) is 0.182. The molecule has 2 aromatic carbocycles. The van der Waals surface area contributed by atoms with E-state index in [1.54, 1.807) is 30.5 Å². The highest BCUT2D eigenvalue weighted by Crippen LogP contribution is 2.20. The van der Waals surface area contributed by atoms with E-state index in [9.17, 15) is 9.59 Å². The first-order valence-electron chi connectivity index (χ1n) is 9.34. The molecule has 0 saturated carbocycles. The number of carbonyl (C=O) groups is 1. The Labute approximate surface area is 166 Å². The summed E-state index contributed by atoms with van der Waals surface area (Å²) >= 11 is 0. The summed E-state index contributed by atoms with van der Waals surface area (Å²) in [4.78, 5) is 29.4. The van der Waals surface area contributed by atoms with Gasteiger partial charge < -0.3 is 9.15 Å². The largest absolute Gasteiger partial charge is 0.451 e. The van der Waals surface area contributed by atoms with Gasteiger partial charge in [0.2, 0.25) is 5.89 Å². The van der Waals surface area contributed by atoms with Gasteiger partial charge in [-0.2, -0.15) is 5.10 Å². The lowest BCUT2D eigenvalue weighted by molar-refractivity contribution is 0.0431. The number of carbonyl (C=O) groups excluding carboxylic acids is 1. The molecule has 0 aliphatic carbocycles. The fourth-order valence-corrected chi connectivity index (χ4v) is 3.06. The number of aromatic nitrogens is 3. The molecular weight excluding hydrogens is 370 g/mol. The van der Waals surface area contributed by atoms with E-state index in [2.05, 4.69) is 10.1 Å². The number of benzene rings is 2. The third-order valence-corrected chi connectivity index (χ3v) is 4.44. The Morgan fingerprint density at radius 3 is 2.55 bits per heavy atom. The smallest absolute Gasteiger partial charge is 0.359 e. The zero-order chi connectivity index (χ0) is 20.2. The van der Waals surface area contributed by atoms with Crippen molar-refractivity contribution in [2.45, 2.75) is 26.5 Å². The highest BCUT2D eigenvalue weighted by Gasteiger charge is 2.19. The van der Waals surface area contributed by atoms with Gasteiger partial charge in [0.15, 0.2) is 18.1 Å². The zero-order valence-corrected chi connectivity index (χ0v) is 15.9. The molecule has 0 amide bonds. The van der Waals surface area contributed by atoms with Gasteiger partial charge in [-0.15, -0.1) is 0 Å². The topological polar surface area (TPSA) is 87.2 Å². The summed E-state index contributed by atoms with van der Waals surface area (Å²) in [7, 11) is 0. The van der Waals surface area contributed by atoms with E-state index >= 15 is 0 Å². The molecule has 0 spiro atoms. The summed E-state index contributed by atoms with van der Waals surface area (Å²) in [6.07, 6.45) is 2.31. The number of hydrogen-bond acceptors (Lipinski definition) is 6. The average Bonchev–Trinajstić information content (AvgIpc) is 3.24. The van der Waals surface area contributed by atoms with Gasteiger partial charge >= 0.3 is 5.97 Å². The van der Waals surface area contributed by atoms with Gasteiger partial charge in [-0.1, -0.05) is 55.5 Å². The van der Waals surface area contributed by atoms with Crippen molar-refractivity contribution in [2.75, 3.05) is 0 Å². The second kappa shape index (κ2) is 8.10. The van der Waals surface area contributed by atoms with Crippen LogP contribution in [-0.4, -0.2) is 20.7 Å². The number of fused-ring (bicyclic) bond motifs is 1. The standard InChI is InChI=1S/C22H19N3O4/c1-2-12-25-21(26)17-11-7-6-10-16(17)20(24-25)22(27)28-14-19-23-13-18(29-19)15-8-4-3-5-9-15/h3-11,13H,2,12,14H2,1H3. The van der Waals surface area contributed by atoms with E-state index in [4.69, 9.17) is 9.15 Å². The van der Waals surface area contributed by atoms with Crippen molar-refractivity contribution in [1.29, 1.82) is 0 Å². The van der Waals surface area contributed by atoms with E-state index in [1.165, 1.54) is 4.68 Å². The number of hydrogen-bond donors (Lipinski definition) is 0. The molecule has 0 N–H and O–H groups in total. The van der Waals surface area contributed by atoms with Gasteiger partial charge in [0.1, 0.15) is 0 Å². The Hall–Kier alpha value is -3.74. The third-order valence-electron chi connectivity index (χ3n) is 4.44. The second-order valence-electron chi connectivity index (χ2n) is 6.48. The lowest BCUT2D eigenvalue weighted by Crippen LogP contribution is -2.26. The molecule has 7 nitrogen and oxygen atoms in total. The Balaban J connectivity index is 1.58. The molecule has 4 rings (SSSR count). The van der Waals surface area contributed by atoms with Crippen molar-refractivity contribution in [1.82, 2.24) is 14.8 Å². The maximum Gasteiger partial charge on any atom is 0.359 e. The van der Waals surface area contributed by atoms with E-state index in [0.29, 0.717) is 23.1 Å². The molecule has 0 aliphatic heterocycles. The molecule has 0 aliphatic rings. The molecule has 0 radical (unpaired) electrons. The van der Waals surface area contributed by atoms with Gasteiger partial charge in [-0.3, -0.25) is 4.79 Å². The predicted molar refractivity (Wildman–Crippen MR) is 107 cm³/mol. The SMILES string of the molecule is CCCn1nc(C(=O)OCc2ncc(-c3ccccc3)o2)c2ccccc2c1=O. The van der Waals surface area contributed by atoms with Crippen LogP contribution in [0.15, 0.2) is 70.0 Å². The number of oxazole rings is 1. The minimum atomic E-state index is -0.634. The quantitative estimate of drug-likeness (QED) is 0.466. The minimum Gasteiger partial charge on any atom is -0.451 e. The predicted octanol–water partition coefficient (Wildman–Crippen LogP) is 3.82. The summed E-state index contributed by atoms with van der Waals surface area (Å²) in [5.41, 5.74) is 0.763. The Morgan fingerprint density at radius 1 is 1.07 bits per heavy atom. The molecule has 0 saturated heterocycles. The lowest BCUT2D eigenvalue weighted by Gasteiger charge is -2.09. The molecule has 0 bridgehead atoms. The molecule has 0 atom stereocenters. The van der Waals surface area contributed by atoms with Crippen molar-refractivity contribution >= 4 is 16.7 Å². The molecule has 146 valence electrons. The van der Waals surface area contributed by atoms with Crippen molar-refractivity contribution in [3.8, 4) is 11.3 Å².